The molecule has 0 aliphatic carbocycles. The zero-order chi connectivity index (χ0) is 13.3. The molecule has 0 radical (unpaired) electrons. The summed E-state index contributed by atoms with van der Waals surface area (Å²) in [6.45, 7) is 4.04. The van der Waals surface area contributed by atoms with Gasteiger partial charge in [0.15, 0.2) is 0 Å². The van der Waals surface area contributed by atoms with E-state index in [9.17, 15) is 5.11 Å². The van der Waals surface area contributed by atoms with E-state index in [4.69, 9.17) is 0 Å². The normalized spacial score (nSPS) is 12.5. The van der Waals surface area contributed by atoms with Gasteiger partial charge in [-0.1, -0.05) is 56.1 Å². The lowest BCUT2D eigenvalue weighted by Crippen LogP contribution is -2.03. The minimum absolute atomic E-state index is 0.604. The summed E-state index contributed by atoms with van der Waals surface area (Å²) < 4.78 is 2.00. The number of benzene rings is 2. The molecule has 0 bridgehead atoms. The Balaban J connectivity index is 2.50. The summed E-state index contributed by atoms with van der Waals surface area (Å²) in [6.07, 6.45) is -0.604. The fourth-order valence-electron chi connectivity index (χ4n) is 1.96. The maximum absolute atomic E-state index is 10.5. The van der Waals surface area contributed by atoms with Crippen molar-refractivity contribution in [3.63, 3.8) is 0 Å². The van der Waals surface area contributed by atoms with Crippen LogP contribution in [-0.4, -0.2) is 5.11 Å². The summed E-state index contributed by atoms with van der Waals surface area (Å²) in [5.41, 5.74) is 4.04. The number of aliphatic hydroxyl groups is 1. The average molecular weight is 370 g/mol. The van der Waals surface area contributed by atoms with E-state index in [0.29, 0.717) is 0 Å². The molecule has 0 aliphatic rings. The molecule has 1 unspecified atom stereocenters. The van der Waals surface area contributed by atoms with Crippen LogP contribution in [0.3, 0.4) is 0 Å². The highest BCUT2D eigenvalue weighted by molar-refractivity contribution is 9.10. The minimum Gasteiger partial charge on any atom is -0.384 e. The first-order valence-corrected chi connectivity index (χ1v) is 7.28. The van der Waals surface area contributed by atoms with Crippen molar-refractivity contribution in [1.29, 1.82) is 0 Å². The molecule has 2 rings (SSSR count). The first-order valence-electron chi connectivity index (χ1n) is 5.70. The Morgan fingerprint density at radius 1 is 0.889 bits per heavy atom. The Morgan fingerprint density at radius 2 is 1.56 bits per heavy atom. The Hall–Kier alpha value is -0.640. The zero-order valence-corrected chi connectivity index (χ0v) is 13.4. The second kappa shape index (κ2) is 5.55. The van der Waals surface area contributed by atoms with Crippen molar-refractivity contribution >= 4 is 31.9 Å². The van der Waals surface area contributed by atoms with Gasteiger partial charge in [0.1, 0.15) is 6.10 Å². The lowest BCUT2D eigenvalue weighted by molar-refractivity contribution is 0.218. The number of aliphatic hydroxyl groups excluding tert-OH is 1. The van der Waals surface area contributed by atoms with E-state index in [-0.39, 0.29) is 0 Å². The van der Waals surface area contributed by atoms with Gasteiger partial charge in [-0.2, -0.15) is 0 Å². The molecule has 0 saturated carbocycles. The van der Waals surface area contributed by atoms with Gasteiger partial charge in [0.25, 0.3) is 0 Å². The van der Waals surface area contributed by atoms with Crippen molar-refractivity contribution in [3.8, 4) is 0 Å². The molecule has 0 aromatic heterocycles. The van der Waals surface area contributed by atoms with Crippen molar-refractivity contribution in [1.82, 2.24) is 0 Å². The van der Waals surface area contributed by atoms with Crippen LogP contribution in [0.4, 0.5) is 0 Å². The molecule has 1 nitrogen and oxygen atoms in total. The first kappa shape index (κ1) is 13.8. The van der Waals surface area contributed by atoms with Crippen LogP contribution in [0.1, 0.15) is 28.4 Å². The standard InChI is InChI=1S/C15H14Br2O/c1-9-8-14(17)10(2)7-12(9)15(18)11-5-3-4-6-13(11)16/h3-8,15,18H,1-2H3. The van der Waals surface area contributed by atoms with Crippen LogP contribution in [-0.2, 0) is 0 Å². The monoisotopic (exact) mass is 368 g/mol. The van der Waals surface area contributed by atoms with Gasteiger partial charge >= 0.3 is 0 Å². The lowest BCUT2D eigenvalue weighted by Gasteiger charge is -2.17. The summed E-state index contributed by atoms with van der Waals surface area (Å²) in [4.78, 5) is 0. The van der Waals surface area contributed by atoms with Gasteiger partial charge in [0.05, 0.1) is 0 Å². The summed E-state index contributed by atoms with van der Waals surface area (Å²) in [7, 11) is 0. The second-order valence-electron chi connectivity index (χ2n) is 4.38. The SMILES string of the molecule is Cc1cc(C(O)c2ccccc2Br)c(C)cc1Br. The molecular weight excluding hydrogens is 356 g/mol. The molecule has 0 aliphatic heterocycles. The number of rotatable bonds is 2. The van der Waals surface area contributed by atoms with Crippen molar-refractivity contribution in [2.45, 2.75) is 20.0 Å². The van der Waals surface area contributed by atoms with Crippen molar-refractivity contribution in [2.24, 2.45) is 0 Å². The van der Waals surface area contributed by atoms with E-state index in [0.717, 1.165) is 31.2 Å². The van der Waals surface area contributed by atoms with Crippen LogP contribution in [0.15, 0.2) is 45.3 Å². The Labute approximate surface area is 124 Å². The van der Waals surface area contributed by atoms with E-state index in [1.54, 1.807) is 0 Å². The smallest absolute Gasteiger partial charge is 0.105 e. The summed E-state index contributed by atoms with van der Waals surface area (Å²) >= 11 is 6.99. The summed E-state index contributed by atoms with van der Waals surface area (Å²) in [5.74, 6) is 0. The Bertz CT molecular complexity index is 579. The molecule has 2 aromatic carbocycles. The zero-order valence-electron chi connectivity index (χ0n) is 10.2. The third-order valence-electron chi connectivity index (χ3n) is 3.04. The van der Waals surface area contributed by atoms with E-state index < -0.39 is 6.10 Å². The molecule has 0 heterocycles. The third kappa shape index (κ3) is 2.68. The molecular formula is C15H14Br2O. The van der Waals surface area contributed by atoms with Gasteiger partial charge in [-0.05, 0) is 48.2 Å². The van der Waals surface area contributed by atoms with Crippen LogP contribution in [0, 0.1) is 13.8 Å². The third-order valence-corrected chi connectivity index (χ3v) is 4.62. The van der Waals surface area contributed by atoms with E-state index in [1.165, 1.54) is 0 Å². The van der Waals surface area contributed by atoms with Gasteiger partial charge in [-0.15, -0.1) is 0 Å². The minimum atomic E-state index is -0.604. The van der Waals surface area contributed by atoms with Crippen molar-refractivity contribution in [2.75, 3.05) is 0 Å². The predicted molar refractivity (Wildman–Crippen MR) is 81.8 cm³/mol. The largest absolute Gasteiger partial charge is 0.384 e. The quantitative estimate of drug-likeness (QED) is 0.797. The maximum Gasteiger partial charge on any atom is 0.105 e. The molecule has 1 N–H and O–H groups in total. The van der Waals surface area contributed by atoms with E-state index >= 15 is 0 Å². The summed E-state index contributed by atoms with van der Waals surface area (Å²) in [6, 6.07) is 11.8. The highest BCUT2D eigenvalue weighted by Gasteiger charge is 2.16. The Kier molecular flexibility index (Phi) is 4.25. The molecule has 2 aromatic rings. The number of halogens is 2. The van der Waals surface area contributed by atoms with Crippen LogP contribution >= 0.6 is 31.9 Å². The first-order chi connectivity index (χ1) is 8.50. The molecule has 0 fully saturated rings. The Morgan fingerprint density at radius 3 is 2.22 bits per heavy atom. The molecule has 0 saturated heterocycles. The van der Waals surface area contributed by atoms with Gasteiger partial charge in [-0.3, -0.25) is 0 Å². The lowest BCUT2D eigenvalue weighted by atomic mass is 9.96. The van der Waals surface area contributed by atoms with Crippen LogP contribution in [0.25, 0.3) is 0 Å². The van der Waals surface area contributed by atoms with Crippen LogP contribution in [0.5, 0.6) is 0 Å². The van der Waals surface area contributed by atoms with Crippen LogP contribution in [0.2, 0.25) is 0 Å². The second-order valence-corrected chi connectivity index (χ2v) is 6.09. The number of hydrogen-bond acceptors (Lipinski definition) is 1. The van der Waals surface area contributed by atoms with Gasteiger partial charge in [-0.25, -0.2) is 0 Å². The maximum atomic E-state index is 10.5. The number of hydrogen-bond donors (Lipinski definition) is 1. The molecule has 18 heavy (non-hydrogen) atoms. The fraction of sp³-hybridized carbons (Fsp3) is 0.200. The molecule has 3 heteroatoms. The van der Waals surface area contributed by atoms with Gasteiger partial charge in [0, 0.05) is 8.95 Å². The highest BCUT2D eigenvalue weighted by Crippen LogP contribution is 2.32. The summed E-state index contributed by atoms with van der Waals surface area (Å²) in [5, 5.41) is 10.5. The van der Waals surface area contributed by atoms with E-state index in [2.05, 4.69) is 31.9 Å². The highest BCUT2D eigenvalue weighted by atomic mass is 79.9. The molecule has 94 valence electrons. The van der Waals surface area contributed by atoms with Crippen molar-refractivity contribution in [3.05, 3.63) is 67.6 Å². The fourth-order valence-corrected chi connectivity index (χ4v) is 2.92. The molecule has 0 amide bonds. The van der Waals surface area contributed by atoms with E-state index in [1.807, 2.05) is 50.2 Å². The van der Waals surface area contributed by atoms with Gasteiger partial charge in [0.2, 0.25) is 0 Å². The molecule has 0 spiro atoms. The topological polar surface area (TPSA) is 20.2 Å². The van der Waals surface area contributed by atoms with Crippen molar-refractivity contribution < 1.29 is 5.11 Å². The predicted octanol–water partition coefficient (Wildman–Crippen LogP) is 4.91. The number of aryl methyl sites for hydroxylation is 2. The van der Waals surface area contributed by atoms with Crippen LogP contribution < -0.4 is 0 Å². The average Bonchev–Trinajstić information content (AvgIpc) is 2.33. The molecule has 1 atom stereocenters. The van der Waals surface area contributed by atoms with Gasteiger partial charge < -0.3 is 5.11 Å².